The molecule has 2 nitrogen and oxygen atoms in total. The Labute approximate surface area is 87.3 Å². The smallest absolute Gasteiger partial charge is 0.162 e. The summed E-state index contributed by atoms with van der Waals surface area (Å²) >= 11 is 0. The number of carbonyl (C=O) groups is 1. The predicted molar refractivity (Wildman–Crippen MR) is 59.3 cm³/mol. The molecule has 0 amide bonds. The lowest BCUT2D eigenvalue weighted by Crippen LogP contribution is -2.25. The van der Waals surface area contributed by atoms with Gasteiger partial charge in [0.1, 0.15) is 6.10 Å². The van der Waals surface area contributed by atoms with Crippen molar-refractivity contribution in [3.8, 4) is 0 Å². The van der Waals surface area contributed by atoms with E-state index in [9.17, 15) is 4.79 Å². The molecule has 0 spiro atoms. The van der Waals surface area contributed by atoms with Crippen molar-refractivity contribution in [3.05, 3.63) is 12.2 Å². The lowest BCUT2D eigenvalue weighted by atomic mass is 9.99. The van der Waals surface area contributed by atoms with E-state index in [2.05, 4.69) is 6.58 Å². The molecule has 1 atom stereocenters. The fraction of sp³-hybridized carbons (Fsp3) is 0.750. The zero-order chi connectivity index (χ0) is 11.1. The number of ketones is 1. The van der Waals surface area contributed by atoms with Gasteiger partial charge >= 0.3 is 0 Å². The van der Waals surface area contributed by atoms with E-state index in [-0.39, 0.29) is 11.9 Å². The van der Waals surface area contributed by atoms with Crippen molar-refractivity contribution in [3.63, 3.8) is 0 Å². The van der Waals surface area contributed by atoms with Crippen LogP contribution in [-0.2, 0) is 9.53 Å². The highest BCUT2D eigenvalue weighted by molar-refractivity contribution is 5.83. The van der Waals surface area contributed by atoms with Gasteiger partial charge in [0, 0.05) is 19.4 Å². The van der Waals surface area contributed by atoms with Crippen LogP contribution < -0.4 is 0 Å². The summed E-state index contributed by atoms with van der Waals surface area (Å²) in [7, 11) is 0. The first-order valence-electron chi connectivity index (χ1n) is 5.26. The van der Waals surface area contributed by atoms with Gasteiger partial charge in [-0.15, -0.1) is 6.58 Å². The highest BCUT2D eigenvalue weighted by Crippen LogP contribution is 2.12. The van der Waals surface area contributed by atoms with Crippen LogP contribution in [0.5, 0.6) is 0 Å². The molecule has 0 aliphatic heterocycles. The first kappa shape index (κ1) is 13.4. The molecule has 0 fully saturated rings. The summed E-state index contributed by atoms with van der Waals surface area (Å²) in [6.45, 7) is 12.3. The normalized spacial score (nSPS) is 12.9. The first-order valence-corrected chi connectivity index (χ1v) is 5.26. The summed E-state index contributed by atoms with van der Waals surface area (Å²) in [5.41, 5.74) is 1.00. The fourth-order valence-corrected chi connectivity index (χ4v) is 1.32. The number of ether oxygens (including phenoxy) is 1. The molecule has 1 unspecified atom stereocenters. The van der Waals surface area contributed by atoms with Crippen LogP contribution in [0.25, 0.3) is 0 Å². The summed E-state index contributed by atoms with van der Waals surface area (Å²) in [4.78, 5) is 11.7. The molecule has 0 saturated carbocycles. The first-order chi connectivity index (χ1) is 6.47. The number of hydrogen-bond acceptors (Lipinski definition) is 2. The van der Waals surface area contributed by atoms with Gasteiger partial charge in [0.15, 0.2) is 5.78 Å². The second kappa shape index (κ2) is 6.77. The van der Waals surface area contributed by atoms with Crippen molar-refractivity contribution < 1.29 is 9.53 Å². The Balaban J connectivity index is 4.17. The summed E-state index contributed by atoms with van der Waals surface area (Å²) in [6, 6.07) is 0. The molecule has 0 bridgehead atoms. The molecule has 0 aromatic rings. The number of Topliss-reactive ketones (excluding diaryl/α,β-unsaturated/α-hetero) is 1. The van der Waals surface area contributed by atoms with E-state index in [0.717, 1.165) is 5.57 Å². The van der Waals surface area contributed by atoms with E-state index in [4.69, 9.17) is 4.74 Å². The zero-order valence-electron chi connectivity index (χ0n) is 9.80. The molecule has 0 rings (SSSR count). The highest BCUT2D eigenvalue weighted by atomic mass is 16.5. The van der Waals surface area contributed by atoms with E-state index in [1.54, 1.807) is 0 Å². The minimum atomic E-state index is -0.278. The van der Waals surface area contributed by atoms with Gasteiger partial charge in [-0.2, -0.15) is 0 Å². The lowest BCUT2D eigenvalue weighted by Gasteiger charge is -2.16. The maximum absolute atomic E-state index is 11.7. The summed E-state index contributed by atoms with van der Waals surface area (Å²) in [6.07, 6.45) is 0.969. The molecular formula is C12H22O2. The summed E-state index contributed by atoms with van der Waals surface area (Å²) < 4.78 is 5.41. The molecule has 0 aliphatic rings. The predicted octanol–water partition coefficient (Wildman–Crippen LogP) is 2.97. The Bertz CT molecular complexity index is 194. The minimum Gasteiger partial charge on any atom is -0.370 e. The second-order valence-electron chi connectivity index (χ2n) is 4.17. The monoisotopic (exact) mass is 198 g/mol. The van der Waals surface area contributed by atoms with Crippen molar-refractivity contribution in [1.29, 1.82) is 0 Å². The van der Waals surface area contributed by atoms with Gasteiger partial charge in [-0.3, -0.25) is 4.79 Å². The van der Waals surface area contributed by atoms with Gasteiger partial charge in [-0.25, -0.2) is 0 Å². The average molecular weight is 198 g/mol. The van der Waals surface area contributed by atoms with E-state index < -0.39 is 0 Å². The zero-order valence-corrected chi connectivity index (χ0v) is 9.80. The minimum absolute atomic E-state index is 0.199. The molecule has 0 heterocycles. The van der Waals surface area contributed by atoms with Crippen molar-refractivity contribution in [1.82, 2.24) is 0 Å². The molecule has 2 heteroatoms. The van der Waals surface area contributed by atoms with Crippen LogP contribution in [0.15, 0.2) is 12.2 Å². The molecule has 0 aromatic carbocycles. The standard InChI is InChI=1S/C12H22O2/c1-6-14-12(8-10(4)5)11(13)7-9(2)3/h9,12H,4,6-8H2,1-3,5H3. The van der Waals surface area contributed by atoms with E-state index >= 15 is 0 Å². The molecule has 82 valence electrons. The fourth-order valence-electron chi connectivity index (χ4n) is 1.32. The van der Waals surface area contributed by atoms with Gasteiger partial charge in [0.05, 0.1) is 0 Å². The van der Waals surface area contributed by atoms with Crippen LogP contribution in [0.4, 0.5) is 0 Å². The van der Waals surface area contributed by atoms with Crippen LogP contribution in [0.2, 0.25) is 0 Å². The van der Waals surface area contributed by atoms with Gasteiger partial charge in [0.25, 0.3) is 0 Å². The molecule has 0 N–H and O–H groups in total. The SMILES string of the molecule is C=C(C)CC(OCC)C(=O)CC(C)C. The maximum Gasteiger partial charge on any atom is 0.162 e. The summed E-state index contributed by atoms with van der Waals surface area (Å²) in [5.74, 6) is 0.598. The van der Waals surface area contributed by atoms with Gasteiger partial charge < -0.3 is 4.74 Å². The Morgan fingerprint density at radius 3 is 2.29 bits per heavy atom. The van der Waals surface area contributed by atoms with Crippen molar-refractivity contribution in [2.75, 3.05) is 6.61 Å². The van der Waals surface area contributed by atoms with Crippen LogP contribution in [0.3, 0.4) is 0 Å². The number of carbonyl (C=O) groups excluding carboxylic acids is 1. The van der Waals surface area contributed by atoms with E-state index in [0.29, 0.717) is 25.4 Å². The second-order valence-corrected chi connectivity index (χ2v) is 4.17. The topological polar surface area (TPSA) is 26.3 Å². The number of hydrogen-bond donors (Lipinski definition) is 0. The average Bonchev–Trinajstić information content (AvgIpc) is 2.01. The molecular weight excluding hydrogens is 176 g/mol. The van der Waals surface area contributed by atoms with Crippen molar-refractivity contribution in [2.45, 2.75) is 46.6 Å². The third kappa shape index (κ3) is 5.92. The summed E-state index contributed by atoms with van der Waals surface area (Å²) in [5, 5.41) is 0. The van der Waals surface area contributed by atoms with Crippen LogP contribution >= 0.6 is 0 Å². The molecule has 0 aliphatic carbocycles. The van der Waals surface area contributed by atoms with E-state index in [1.807, 2.05) is 27.7 Å². The van der Waals surface area contributed by atoms with Crippen molar-refractivity contribution in [2.24, 2.45) is 5.92 Å². The quantitative estimate of drug-likeness (QED) is 0.588. The molecule has 14 heavy (non-hydrogen) atoms. The van der Waals surface area contributed by atoms with Crippen LogP contribution in [0, 0.1) is 5.92 Å². The van der Waals surface area contributed by atoms with E-state index in [1.165, 1.54) is 0 Å². The van der Waals surface area contributed by atoms with Crippen LogP contribution in [0.1, 0.15) is 40.5 Å². The maximum atomic E-state index is 11.7. The Morgan fingerprint density at radius 2 is 1.93 bits per heavy atom. The van der Waals surface area contributed by atoms with Crippen LogP contribution in [-0.4, -0.2) is 18.5 Å². The van der Waals surface area contributed by atoms with Gasteiger partial charge in [-0.05, 0) is 19.8 Å². The number of rotatable bonds is 7. The highest BCUT2D eigenvalue weighted by Gasteiger charge is 2.19. The third-order valence-electron chi connectivity index (χ3n) is 1.87. The third-order valence-corrected chi connectivity index (χ3v) is 1.87. The molecule has 0 aromatic heterocycles. The Morgan fingerprint density at radius 1 is 1.36 bits per heavy atom. The lowest BCUT2D eigenvalue weighted by molar-refractivity contribution is -0.131. The molecule has 0 radical (unpaired) electrons. The Hall–Kier alpha value is -0.630. The Kier molecular flexibility index (Phi) is 6.46. The van der Waals surface area contributed by atoms with Crippen molar-refractivity contribution >= 4 is 5.78 Å². The van der Waals surface area contributed by atoms with Gasteiger partial charge in [0.2, 0.25) is 0 Å². The molecule has 0 saturated heterocycles. The van der Waals surface area contributed by atoms with Gasteiger partial charge in [-0.1, -0.05) is 19.4 Å². The largest absolute Gasteiger partial charge is 0.370 e.